The van der Waals surface area contributed by atoms with E-state index < -0.39 is 22.9 Å². The number of hydrogen-bond acceptors (Lipinski definition) is 10. The summed E-state index contributed by atoms with van der Waals surface area (Å²) in [6, 6.07) is 11.1. The molecule has 0 aromatic heterocycles. The van der Waals surface area contributed by atoms with Crippen molar-refractivity contribution in [2.24, 2.45) is 22.8 Å². The Morgan fingerprint density at radius 3 is 2.32 bits per heavy atom. The summed E-state index contributed by atoms with van der Waals surface area (Å²) in [5.74, 6) is 3.14. The minimum absolute atomic E-state index is 0.0472. The zero-order chi connectivity index (χ0) is 34.6. The topological polar surface area (TPSA) is 232 Å². The monoisotopic (exact) mass is 652 g/mol. The van der Waals surface area contributed by atoms with Gasteiger partial charge in [-0.25, -0.2) is 4.79 Å². The van der Waals surface area contributed by atoms with Crippen LogP contribution in [0.5, 0.6) is 0 Å². The first-order chi connectivity index (χ1) is 22.5. The van der Waals surface area contributed by atoms with Gasteiger partial charge in [0.2, 0.25) is 11.8 Å². The number of nitro groups is 1. The number of nitrogens with two attached hydrogens (primary N) is 1. The number of amides is 2. The molecule has 0 unspecified atom stereocenters. The lowest BCUT2D eigenvalue weighted by Gasteiger charge is -2.24. The van der Waals surface area contributed by atoms with E-state index >= 15 is 0 Å². The van der Waals surface area contributed by atoms with Crippen molar-refractivity contribution in [3.63, 3.8) is 0 Å². The molecule has 254 valence electrons. The predicted octanol–water partition coefficient (Wildman–Crippen LogP) is 5.11. The third kappa shape index (κ3) is 14.4. The average Bonchev–Trinajstić information content (AvgIpc) is 3.05. The maximum atomic E-state index is 13.4. The van der Waals surface area contributed by atoms with Crippen molar-refractivity contribution in [3.8, 4) is 0 Å². The summed E-state index contributed by atoms with van der Waals surface area (Å²) in [6.07, 6.45) is 4.02. The lowest BCUT2D eigenvalue weighted by atomic mass is 9.89. The number of non-ortho nitro benzene ring substituents is 1. The molecule has 0 aliphatic heterocycles. The van der Waals surface area contributed by atoms with Crippen LogP contribution >= 0.6 is 0 Å². The van der Waals surface area contributed by atoms with Gasteiger partial charge in [-0.15, -0.1) is 0 Å². The van der Waals surface area contributed by atoms with Gasteiger partial charge in [-0.1, -0.05) is 43.9 Å². The summed E-state index contributed by atoms with van der Waals surface area (Å²) >= 11 is 0. The second kappa shape index (κ2) is 21.0. The third-order valence-electron chi connectivity index (χ3n) is 7.40. The van der Waals surface area contributed by atoms with Crippen LogP contribution in [0, 0.1) is 22.0 Å². The lowest BCUT2D eigenvalue weighted by Crippen LogP contribution is -2.45. The number of ketones is 1. The van der Waals surface area contributed by atoms with Gasteiger partial charge in [-0.2, -0.15) is 0 Å². The fraction of sp³-hybridized carbons (Fsp3) is 0.500. The molecular weight excluding hydrogens is 608 g/mol. The minimum Gasteiger partial charge on any atom is -0.457 e. The lowest BCUT2D eigenvalue weighted by molar-refractivity contribution is -0.384. The zero-order valence-electron chi connectivity index (χ0n) is 26.9. The van der Waals surface area contributed by atoms with Gasteiger partial charge in [0.15, 0.2) is 5.78 Å². The Labute approximate surface area is 273 Å². The molecule has 0 fully saturated rings. The largest absolute Gasteiger partial charge is 0.457 e. The fourth-order valence-corrected chi connectivity index (χ4v) is 4.75. The average molecular weight is 653 g/mol. The Balaban J connectivity index is 1.98. The highest BCUT2D eigenvalue weighted by atomic mass is 16.6. The standard InChI is InChI=1S/C32H44N8O7/c1-22(2)30(38-29(42)9-4-3-6-19-36-39-34)28(41)20-25(8-5-7-18-35-33)31(43)37-26-14-10-23(11-15-26)21-47-32(44)24-12-16-27(17-13-24)40(45)46/h10-17,22,25,30,35H,3-9,18-21,33H2,1-2H3,(H,37,43)(H,38,42)/t25-,30+/m1/s1. The van der Waals surface area contributed by atoms with E-state index in [1.165, 1.54) is 24.3 Å². The normalized spacial score (nSPS) is 12.0. The van der Waals surface area contributed by atoms with Crippen LogP contribution < -0.4 is 21.9 Å². The van der Waals surface area contributed by atoms with Gasteiger partial charge in [0.25, 0.3) is 5.69 Å². The molecule has 0 bridgehead atoms. The first-order valence-corrected chi connectivity index (χ1v) is 15.6. The Kier molecular flexibility index (Phi) is 17.2. The summed E-state index contributed by atoms with van der Waals surface area (Å²) in [7, 11) is 0. The first kappa shape index (κ1) is 38.3. The van der Waals surface area contributed by atoms with E-state index in [0.29, 0.717) is 56.4 Å². The van der Waals surface area contributed by atoms with Crippen LogP contribution in [-0.2, 0) is 25.7 Å². The van der Waals surface area contributed by atoms with Gasteiger partial charge in [-0.05, 0) is 67.0 Å². The van der Waals surface area contributed by atoms with Crippen molar-refractivity contribution >= 4 is 34.9 Å². The van der Waals surface area contributed by atoms with Crippen molar-refractivity contribution in [2.45, 2.75) is 77.9 Å². The third-order valence-corrected chi connectivity index (χ3v) is 7.40. The summed E-state index contributed by atoms with van der Waals surface area (Å²) in [5, 5.41) is 20.0. The van der Waals surface area contributed by atoms with Gasteiger partial charge in [0.05, 0.1) is 16.5 Å². The van der Waals surface area contributed by atoms with Crippen LogP contribution in [0.1, 0.15) is 81.1 Å². The number of anilines is 1. The number of nitrogens with zero attached hydrogens (tertiary/aromatic N) is 4. The van der Waals surface area contributed by atoms with E-state index in [1.807, 2.05) is 13.8 Å². The molecule has 5 N–H and O–H groups in total. The van der Waals surface area contributed by atoms with E-state index in [-0.39, 0.29) is 54.2 Å². The summed E-state index contributed by atoms with van der Waals surface area (Å²) in [4.78, 5) is 64.6. The van der Waals surface area contributed by atoms with Crippen molar-refractivity contribution < 1.29 is 28.8 Å². The Morgan fingerprint density at radius 2 is 1.70 bits per heavy atom. The number of carbonyl (C=O) groups excluding carboxylic acids is 4. The molecule has 2 amide bonds. The van der Waals surface area contributed by atoms with Crippen LogP contribution in [0.4, 0.5) is 11.4 Å². The van der Waals surface area contributed by atoms with Crippen molar-refractivity contribution in [1.29, 1.82) is 0 Å². The number of nitrogens with one attached hydrogen (secondary N) is 3. The summed E-state index contributed by atoms with van der Waals surface area (Å²) in [5.41, 5.74) is 12.1. The molecule has 0 aliphatic rings. The van der Waals surface area contributed by atoms with Gasteiger partial charge in [0, 0.05) is 54.6 Å². The number of rotatable bonds is 22. The highest BCUT2D eigenvalue weighted by Gasteiger charge is 2.29. The smallest absolute Gasteiger partial charge is 0.338 e. The van der Waals surface area contributed by atoms with Crippen molar-refractivity contribution in [3.05, 3.63) is 80.2 Å². The number of carbonyl (C=O) groups is 4. The number of nitro benzene ring substituents is 1. The minimum atomic E-state index is -0.736. The quantitative estimate of drug-likeness (QED) is 0.0193. The number of hydrogen-bond donors (Lipinski definition) is 4. The second-order valence-electron chi connectivity index (χ2n) is 11.4. The zero-order valence-corrected chi connectivity index (χ0v) is 26.9. The van der Waals surface area contributed by atoms with Crippen LogP contribution in [0.2, 0.25) is 0 Å². The second-order valence-corrected chi connectivity index (χ2v) is 11.4. The van der Waals surface area contributed by atoms with Crippen molar-refractivity contribution in [1.82, 2.24) is 10.7 Å². The number of ether oxygens (including phenoxy) is 1. The molecule has 0 aliphatic carbocycles. The molecule has 0 spiro atoms. The molecule has 0 heterocycles. The molecule has 2 atom stereocenters. The molecular formula is C32H44N8O7. The van der Waals surface area contributed by atoms with Crippen LogP contribution in [-0.4, -0.2) is 47.6 Å². The molecule has 0 saturated carbocycles. The van der Waals surface area contributed by atoms with Gasteiger partial charge in [-0.3, -0.25) is 35.8 Å². The van der Waals surface area contributed by atoms with Gasteiger partial charge < -0.3 is 15.4 Å². The summed E-state index contributed by atoms with van der Waals surface area (Å²) < 4.78 is 5.30. The fourth-order valence-electron chi connectivity index (χ4n) is 4.75. The molecule has 0 radical (unpaired) electrons. The number of esters is 1. The number of unbranched alkanes of at least 4 members (excludes halogenated alkanes) is 3. The van der Waals surface area contributed by atoms with Crippen LogP contribution in [0.25, 0.3) is 10.4 Å². The molecule has 15 heteroatoms. The van der Waals surface area contributed by atoms with Gasteiger partial charge >= 0.3 is 5.97 Å². The molecule has 2 aromatic rings. The highest BCUT2D eigenvalue weighted by Crippen LogP contribution is 2.21. The van der Waals surface area contributed by atoms with E-state index in [0.717, 1.165) is 6.42 Å². The molecule has 2 aromatic carbocycles. The maximum absolute atomic E-state index is 13.4. The Hall–Kier alpha value is -4.85. The molecule has 15 nitrogen and oxygen atoms in total. The van der Waals surface area contributed by atoms with E-state index in [1.54, 1.807) is 24.3 Å². The van der Waals surface area contributed by atoms with Crippen LogP contribution in [0.3, 0.4) is 0 Å². The first-order valence-electron chi connectivity index (χ1n) is 15.6. The van der Waals surface area contributed by atoms with Gasteiger partial charge in [0.1, 0.15) is 6.61 Å². The highest BCUT2D eigenvalue weighted by molar-refractivity contribution is 5.97. The Morgan fingerprint density at radius 1 is 1.00 bits per heavy atom. The SMILES string of the molecule is CC(C)[C@H](NC(=O)CCCCCN=[N+]=[N-])C(=O)C[C@@H](CCCCNN)C(=O)Nc1ccc(COC(=O)c2ccc([N+](=O)[O-])cc2)cc1. The molecule has 2 rings (SSSR count). The number of hydrazine groups is 1. The van der Waals surface area contributed by atoms with Crippen LogP contribution in [0.15, 0.2) is 53.6 Å². The predicted molar refractivity (Wildman–Crippen MR) is 176 cm³/mol. The van der Waals surface area contributed by atoms with E-state index in [2.05, 4.69) is 26.1 Å². The number of Topliss-reactive ketones (excluding diaryl/α,β-unsaturated/α-hetero) is 1. The van der Waals surface area contributed by atoms with E-state index in [9.17, 15) is 29.3 Å². The van der Waals surface area contributed by atoms with Crippen molar-refractivity contribution in [2.75, 3.05) is 18.4 Å². The molecule has 47 heavy (non-hydrogen) atoms. The van der Waals surface area contributed by atoms with E-state index in [4.69, 9.17) is 16.1 Å². The number of benzene rings is 2. The molecule has 0 saturated heterocycles. The Bertz CT molecular complexity index is 1380. The number of azide groups is 1. The maximum Gasteiger partial charge on any atom is 0.338 e. The summed E-state index contributed by atoms with van der Waals surface area (Å²) in [6.45, 7) is 4.58.